The number of hydrogen-bond donors (Lipinski definition) is 0. The van der Waals surface area contributed by atoms with E-state index in [9.17, 15) is 0 Å². The molecule has 0 atom stereocenters. The van der Waals surface area contributed by atoms with Crippen LogP contribution < -0.4 is 24.2 Å². The summed E-state index contributed by atoms with van der Waals surface area (Å²) < 4.78 is 10.9. The van der Waals surface area contributed by atoms with Gasteiger partial charge in [0.05, 0.1) is 14.2 Å². The predicted octanol–water partition coefficient (Wildman–Crippen LogP) is 15.4. The highest BCUT2D eigenvalue weighted by molar-refractivity contribution is 5.83. The Morgan fingerprint density at radius 1 is 0.213 bits per heavy atom. The number of benzene rings is 9. The molecule has 0 aromatic heterocycles. The molecule has 0 aliphatic heterocycles. The zero-order valence-electron chi connectivity index (χ0n) is 34.2. The normalized spacial score (nSPS) is 10.8. The molecule has 0 saturated heterocycles. The van der Waals surface area contributed by atoms with Crippen LogP contribution in [0.5, 0.6) is 11.5 Å². The lowest BCUT2D eigenvalue weighted by molar-refractivity contribution is 0.414. The summed E-state index contributed by atoms with van der Waals surface area (Å²) in [7, 11) is 3.38. The largest absolute Gasteiger partial charge is 0.497 e. The first-order valence-corrected chi connectivity index (χ1v) is 20.4. The molecule has 0 N–H and O–H groups in total. The van der Waals surface area contributed by atoms with Gasteiger partial charge in [0, 0.05) is 51.2 Å². The van der Waals surface area contributed by atoms with Crippen LogP contribution in [0.4, 0.5) is 51.2 Å². The summed E-state index contributed by atoms with van der Waals surface area (Å²) >= 11 is 0. The predicted molar refractivity (Wildman–Crippen MR) is 254 cm³/mol. The number of ether oxygens (including phenoxy) is 2. The fraction of sp³-hybridized carbons (Fsp3) is 0.0357. The first-order valence-electron chi connectivity index (χ1n) is 20.4. The van der Waals surface area contributed by atoms with Gasteiger partial charge in [-0.1, -0.05) is 103 Å². The van der Waals surface area contributed by atoms with Crippen LogP contribution in [0, 0.1) is 0 Å². The molecule has 0 aliphatic rings. The molecule has 0 amide bonds. The van der Waals surface area contributed by atoms with Gasteiger partial charge in [-0.15, -0.1) is 0 Å². The van der Waals surface area contributed by atoms with E-state index in [0.29, 0.717) is 0 Å². The number of methoxy groups -OCH3 is 2. The molecular formula is C56H45N3O2. The summed E-state index contributed by atoms with van der Waals surface area (Å²) in [6.45, 7) is 0. The van der Waals surface area contributed by atoms with Crippen LogP contribution in [0.15, 0.2) is 237 Å². The van der Waals surface area contributed by atoms with Gasteiger partial charge in [0.1, 0.15) is 11.5 Å². The van der Waals surface area contributed by atoms with E-state index in [0.717, 1.165) is 84.9 Å². The Bertz CT molecular complexity index is 2580. The molecule has 0 saturated carbocycles. The van der Waals surface area contributed by atoms with Crippen LogP contribution in [0.2, 0.25) is 0 Å². The monoisotopic (exact) mass is 791 g/mol. The fourth-order valence-electron chi connectivity index (χ4n) is 7.75. The lowest BCUT2D eigenvalue weighted by atomic mass is 10.0. The van der Waals surface area contributed by atoms with Crippen LogP contribution in [0.1, 0.15) is 0 Å². The van der Waals surface area contributed by atoms with Gasteiger partial charge < -0.3 is 24.2 Å². The van der Waals surface area contributed by atoms with Gasteiger partial charge in [0.25, 0.3) is 0 Å². The van der Waals surface area contributed by atoms with E-state index in [1.165, 1.54) is 0 Å². The van der Waals surface area contributed by atoms with Gasteiger partial charge in [-0.3, -0.25) is 0 Å². The standard InChI is InChI=1S/C56H45N3O2/c1-60-55-38-34-53(35-39-55)58(47-14-8-4-9-15-47)51-30-22-44(23-31-51)42-18-26-49(27-19-42)57(46-12-6-3-7-13-46)50-28-20-43(21-29-50)45-24-32-52(33-25-45)59(48-16-10-5-11-17-48)54-36-40-56(61-2)41-37-54/h3-41H,1-2H3. The molecule has 0 heterocycles. The van der Waals surface area contributed by atoms with E-state index in [1.54, 1.807) is 14.2 Å². The molecule has 0 unspecified atom stereocenters. The first-order chi connectivity index (χ1) is 30.1. The summed E-state index contributed by atoms with van der Waals surface area (Å²) in [6.07, 6.45) is 0. The zero-order chi connectivity index (χ0) is 41.4. The Morgan fingerprint density at radius 2 is 0.393 bits per heavy atom. The Balaban J connectivity index is 0.965. The minimum Gasteiger partial charge on any atom is -0.497 e. The second kappa shape index (κ2) is 17.9. The molecule has 0 aliphatic carbocycles. The van der Waals surface area contributed by atoms with Crippen molar-refractivity contribution in [3.8, 4) is 33.8 Å². The van der Waals surface area contributed by atoms with E-state index in [-0.39, 0.29) is 0 Å². The fourth-order valence-corrected chi connectivity index (χ4v) is 7.75. The van der Waals surface area contributed by atoms with Gasteiger partial charge in [0.15, 0.2) is 0 Å². The quantitative estimate of drug-likeness (QED) is 0.116. The van der Waals surface area contributed by atoms with Gasteiger partial charge >= 0.3 is 0 Å². The summed E-state index contributed by atoms with van der Waals surface area (Å²) in [5.74, 6) is 1.66. The van der Waals surface area contributed by atoms with Crippen molar-refractivity contribution < 1.29 is 9.47 Å². The van der Waals surface area contributed by atoms with E-state index in [4.69, 9.17) is 9.47 Å². The van der Waals surface area contributed by atoms with E-state index >= 15 is 0 Å². The minimum atomic E-state index is 0.831. The van der Waals surface area contributed by atoms with Crippen LogP contribution in [-0.2, 0) is 0 Å². The van der Waals surface area contributed by atoms with Crippen molar-refractivity contribution in [2.75, 3.05) is 28.9 Å². The van der Waals surface area contributed by atoms with Crippen molar-refractivity contribution in [3.63, 3.8) is 0 Å². The molecule has 296 valence electrons. The highest BCUT2D eigenvalue weighted by Crippen LogP contribution is 2.40. The maximum absolute atomic E-state index is 5.43. The highest BCUT2D eigenvalue weighted by Gasteiger charge is 2.16. The smallest absolute Gasteiger partial charge is 0.119 e. The molecule has 5 nitrogen and oxygen atoms in total. The first kappa shape index (κ1) is 38.5. The second-order valence-corrected chi connectivity index (χ2v) is 14.6. The Labute approximate surface area is 358 Å². The number of anilines is 9. The molecule has 0 spiro atoms. The van der Waals surface area contributed by atoms with Crippen molar-refractivity contribution >= 4 is 51.2 Å². The third-order valence-corrected chi connectivity index (χ3v) is 10.9. The molecule has 0 bridgehead atoms. The molecule has 9 rings (SSSR count). The number of para-hydroxylation sites is 3. The van der Waals surface area contributed by atoms with E-state index < -0.39 is 0 Å². The molecule has 9 aromatic rings. The van der Waals surface area contributed by atoms with Crippen molar-refractivity contribution in [2.24, 2.45) is 0 Å². The molecule has 0 fully saturated rings. The average Bonchev–Trinajstić information content (AvgIpc) is 3.34. The lowest BCUT2D eigenvalue weighted by Gasteiger charge is -2.26. The van der Waals surface area contributed by atoms with Crippen molar-refractivity contribution in [2.45, 2.75) is 0 Å². The zero-order valence-corrected chi connectivity index (χ0v) is 34.2. The Morgan fingerprint density at radius 3 is 0.590 bits per heavy atom. The Kier molecular flexibility index (Phi) is 11.3. The van der Waals surface area contributed by atoms with Gasteiger partial charge in [-0.05, 0) is 156 Å². The number of nitrogens with zero attached hydrogens (tertiary/aromatic N) is 3. The third-order valence-electron chi connectivity index (χ3n) is 10.9. The maximum atomic E-state index is 5.43. The topological polar surface area (TPSA) is 28.2 Å². The van der Waals surface area contributed by atoms with E-state index in [1.807, 2.05) is 36.4 Å². The third kappa shape index (κ3) is 8.45. The minimum absolute atomic E-state index is 0.831. The van der Waals surface area contributed by atoms with Crippen LogP contribution in [-0.4, -0.2) is 14.2 Å². The number of hydrogen-bond acceptors (Lipinski definition) is 5. The summed E-state index contributed by atoms with van der Waals surface area (Å²) in [6, 6.07) is 83.0. The Hall–Kier alpha value is -8.02. The molecule has 61 heavy (non-hydrogen) atoms. The molecular weight excluding hydrogens is 747 g/mol. The highest BCUT2D eigenvalue weighted by atomic mass is 16.5. The van der Waals surface area contributed by atoms with Gasteiger partial charge in [0.2, 0.25) is 0 Å². The van der Waals surface area contributed by atoms with Crippen molar-refractivity contribution in [3.05, 3.63) is 237 Å². The van der Waals surface area contributed by atoms with Gasteiger partial charge in [-0.2, -0.15) is 0 Å². The van der Waals surface area contributed by atoms with Crippen molar-refractivity contribution in [1.29, 1.82) is 0 Å². The second-order valence-electron chi connectivity index (χ2n) is 14.6. The molecule has 5 heteroatoms. The van der Waals surface area contributed by atoms with Crippen molar-refractivity contribution in [1.82, 2.24) is 0 Å². The van der Waals surface area contributed by atoms with Gasteiger partial charge in [-0.25, -0.2) is 0 Å². The van der Waals surface area contributed by atoms with Crippen LogP contribution in [0.25, 0.3) is 22.3 Å². The summed E-state index contributed by atoms with van der Waals surface area (Å²) in [4.78, 5) is 6.82. The summed E-state index contributed by atoms with van der Waals surface area (Å²) in [5.41, 5.74) is 14.3. The number of rotatable bonds is 13. The maximum Gasteiger partial charge on any atom is 0.119 e. The van der Waals surface area contributed by atoms with E-state index in [2.05, 4.69) is 215 Å². The molecule has 9 aromatic carbocycles. The lowest BCUT2D eigenvalue weighted by Crippen LogP contribution is -2.10. The average molecular weight is 792 g/mol. The SMILES string of the molecule is COc1ccc(N(c2ccccc2)c2ccc(-c3ccc(N(c4ccccc4)c4ccc(-c5ccc(N(c6ccccc6)c6ccc(OC)cc6)cc5)cc4)cc3)cc2)cc1. The molecule has 0 radical (unpaired) electrons. The van der Waals surface area contributed by atoms with Crippen LogP contribution >= 0.6 is 0 Å². The summed E-state index contributed by atoms with van der Waals surface area (Å²) in [5, 5.41) is 0. The van der Waals surface area contributed by atoms with Crippen LogP contribution in [0.3, 0.4) is 0 Å².